The summed E-state index contributed by atoms with van der Waals surface area (Å²) in [5.41, 5.74) is 19.5. The molecule has 0 saturated heterocycles. The molecule has 0 spiro atoms. The average Bonchev–Trinajstić information content (AvgIpc) is 3.68. The van der Waals surface area contributed by atoms with E-state index >= 15 is 0 Å². The molecule has 0 radical (unpaired) electrons. The first-order valence-corrected chi connectivity index (χ1v) is 21.8. The number of nitrogens with zero attached hydrogens (tertiary/aromatic N) is 3. The molecule has 0 amide bonds. The average molecular weight is 724 g/mol. The van der Waals surface area contributed by atoms with Gasteiger partial charge in [0.25, 0.3) is 0 Å². The summed E-state index contributed by atoms with van der Waals surface area (Å²) in [4.78, 5) is 0. The predicted molar refractivity (Wildman–Crippen MR) is 225 cm³/mol. The van der Waals surface area contributed by atoms with Crippen LogP contribution in [0, 0.1) is 46.3 Å². The maximum atomic E-state index is 11.0. The lowest BCUT2D eigenvalue weighted by Crippen LogP contribution is -2.25. The molecular weight excluding hydrogens is 679 g/mol. The summed E-state index contributed by atoms with van der Waals surface area (Å²) in [6, 6.07) is 31.4. The first-order valence-electron chi connectivity index (χ1n) is 21.8. The third-order valence-electron chi connectivity index (χ3n) is 17.2. The van der Waals surface area contributed by atoms with Gasteiger partial charge in [0.05, 0.1) is 39.8 Å². The largest absolute Gasteiger partial charge is 0.308 e. The third kappa shape index (κ3) is 3.62. The van der Waals surface area contributed by atoms with E-state index < -0.39 is 0 Å². The van der Waals surface area contributed by atoms with Gasteiger partial charge in [0.2, 0.25) is 0 Å². The second-order valence-corrected chi connectivity index (χ2v) is 20.3. The molecule has 2 heterocycles. The quantitative estimate of drug-likeness (QED) is 0.169. The van der Waals surface area contributed by atoms with Crippen LogP contribution in [-0.2, 0) is 5.41 Å². The highest BCUT2D eigenvalue weighted by molar-refractivity contribution is 6.26. The van der Waals surface area contributed by atoms with E-state index in [1.807, 2.05) is 0 Å². The molecule has 4 atom stereocenters. The fourth-order valence-electron chi connectivity index (χ4n) is 15.7. The Morgan fingerprint density at radius 2 is 1.00 bits per heavy atom. The van der Waals surface area contributed by atoms with Gasteiger partial charge in [0, 0.05) is 27.0 Å². The summed E-state index contributed by atoms with van der Waals surface area (Å²) in [5, 5.41) is 27.5. The van der Waals surface area contributed by atoms with Crippen LogP contribution in [0.4, 0.5) is 0 Å². The molecule has 2 aromatic heterocycles. The molecule has 0 N–H and O–H groups in total. The molecule has 9 aliphatic rings. The van der Waals surface area contributed by atoms with Crippen LogP contribution in [-0.4, -0.2) is 4.40 Å². The molecule has 4 unspecified atom stereocenters. The van der Waals surface area contributed by atoms with Crippen molar-refractivity contribution in [3.05, 3.63) is 111 Å². The number of hydrogen-bond donors (Lipinski definition) is 0. The Labute approximate surface area is 328 Å². The fraction of sp³-hybridized carbons (Fsp3) is 0.396. The Morgan fingerprint density at radius 1 is 0.536 bits per heavy atom. The van der Waals surface area contributed by atoms with Gasteiger partial charge in [-0.1, -0.05) is 56.3 Å². The Kier molecular flexibility index (Phi) is 5.67. The summed E-state index contributed by atoms with van der Waals surface area (Å²) in [6.07, 6.45) is 12.8. The highest BCUT2D eigenvalue weighted by Gasteiger charge is 2.47. The van der Waals surface area contributed by atoms with Gasteiger partial charge in [-0.25, -0.2) is 0 Å². The maximum Gasteiger partial charge on any atom is 0.0995 e. The van der Waals surface area contributed by atoms with Crippen LogP contribution in [0.2, 0.25) is 0 Å². The van der Waals surface area contributed by atoms with Gasteiger partial charge >= 0.3 is 0 Å². The minimum atomic E-state index is -0.0713. The van der Waals surface area contributed by atoms with Gasteiger partial charge in [0.15, 0.2) is 0 Å². The van der Waals surface area contributed by atoms with Crippen LogP contribution >= 0.6 is 0 Å². The Hall–Kier alpha value is -5.12. The van der Waals surface area contributed by atoms with E-state index in [0.29, 0.717) is 23.7 Å². The first-order chi connectivity index (χ1) is 27.4. The van der Waals surface area contributed by atoms with Crippen molar-refractivity contribution in [1.29, 1.82) is 10.5 Å². The lowest BCUT2D eigenvalue weighted by Gasteiger charge is -2.38. The molecule has 16 rings (SSSR count). The zero-order chi connectivity index (χ0) is 36.9. The van der Waals surface area contributed by atoms with E-state index in [1.165, 1.54) is 158 Å². The number of benzene rings is 5. The van der Waals surface area contributed by atoms with Crippen molar-refractivity contribution in [3.63, 3.8) is 0 Å². The second kappa shape index (κ2) is 10.2. The molecule has 5 aromatic carbocycles. The maximum absolute atomic E-state index is 11.0. The summed E-state index contributed by atoms with van der Waals surface area (Å²) in [5.74, 6) is 5.07. The molecular formula is C53H45N3. The van der Waals surface area contributed by atoms with Crippen molar-refractivity contribution in [1.82, 2.24) is 4.40 Å². The predicted octanol–water partition coefficient (Wildman–Crippen LogP) is 13.3. The monoisotopic (exact) mass is 723 g/mol. The topological polar surface area (TPSA) is 52.0 Å². The molecule has 56 heavy (non-hydrogen) atoms. The Morgan fingerprint density at radius 3 is 1.52 bits per heavy atom. The van der Waals surface area contributed by atoms with Crippen LogP contribution in [0.15, 0.2) is 66.7 Å². The molecule has 3 heteroatoms. The highest BCUT2D eigenvalue weighted by atomic mass is 14.9. The van der Waals surface area contributed by atoms with Gasteiger partial charge in [-0.3, -0.25) is 0 Å². The van der Waals surface area contributed by atoms with Gasteiger partial charge in [-0.2, -0.15) is 10.5 Å². The van der Waals surface area contributed by atoms with Crippen LogP contribution in [0.3, 0.4) is 0 Å². The second-order valence-electron chi connectivity index (χ2n) is 20.3. The van der Waals surface area contributed by atoms with Crippen LogP contribution in [0.5, 0.6) is 0 Å². The number of rotatable bonds is 1. The zero-order valence-corrected chi connectivity index (χ0v) is 32.4. The summed E-state index contributed by atoms with van der Waals surface area (Å²) >= 11 is 0. The van der Waals surface area contributed by atoms with Crippen molar-refractivity contribution >= 4 is 38.1 Å². The Bertz CT molecular complexity index is 2880. The summed E-state index contributed by atoms with van der Waals surface area (Å²) in [7, 11) is 0. The molecule has 7 aromatic rings. The zero-order valence-electron chi connectivity index (χ0n) is 32.4. The van der Waals surface area contributed by atoms with E-state index in [2.05, 4.69) is 97.1 Å². The number of nitriles is 2. The van der Waals surface area contributed by atoms with Gasteiger partial charge in [-0.05, 0) is 191 Å². The Balaban J connectivity index is 1.18. The minimum absolute atomic E-state index is 0.0713. The molecule has 4 fully saturated rings. The minimum Gasteiger partial charge on any atom is -0.308 e. The van der Waals surface area contributed by atoms with E-state index in [-0.39, 0.29) is 5.41 Å². The van der Waals surface area contributed by atoms with Crippen molar-refractivity contribution in [2.45, 2.75) is 107 Å². The summed E-state index contributed by atoms with van der Waals surface area (Å²) < 4.78 is 2.56. The van der Waals surface area contributed by atoms with Crippen LogP contribution < -0.4 is 0 Å². The van der Waals surface area contributed by atoms with Crippen molar-refractivity contribution < 1.29 is 0 Å². The van der Waals surface area contributed by atoms with Crippen molar-refractivity contribution in [2.24, 2.45) is 23.7 Å². The van der Waals surface area contributed by atoms with E-state index in [0.717, 1.165) is 34.8 Å². The van der Waals surface area contributed by atoms with Crippen molar-refractivity contribution in [2.75, 3.05) is 0 Å². The van der Waals surface area contributed by atoms with E-state index in [1.54, 1.807) is 0 Å². The van der Waals surface area contributed by atoms with Crippen LogP contribution in [0.25, 0.3) is 60.3 Å². The lowest BCUT2D eigenvalue weighted by atomic mass is 9.67. The summed E-state index contributed by atoms with van der Waals surface area (Å²) in [6.45, 7) is 4.78. The normalized spacial score (nSPS) is 29.7. The molecule has 4 saturated carbocycles. The number of hydrogen-bond acceptors (Lipinski definition) is 2. The van der Waals surface area contributed by atoms with E-state index in [9.17, 15) is 10.5 Å². The van der Waals surface area contributed by atoms with Gasteiger partial charge in [0.1, 0.15) is 0 Å². The standard InChI is InChI=1S/C53H45N3/c1-53(2)41-8-4-3-6-38(41)49-37(7-5-9-42(49)53)30-20-39-50-43(22-35(24-54)45-31-12-26-10-27(13-31)17-33(16-26)47(45)50)56-44-23-36(25-55)46-32-14-28-11-29(15-32)19-34(18-28)48(46)51(44)40(21-30)52(39)56/h3-9,20-23,26-29,31-34H,10-19H2,1-2H3. The number of aromatic nitrogens is 1. The molecule has 0 aliphatic heterocycles. The molecule has 8 bridgehead atoms. The lowest BCUT2D eigenvalue weighted by molar-refractivity contribution is 0.166. The molecule has 9 aliphatic carbocycles. The van der Waals surface area contributed by atoms with Gasteiger partial charge in [-0.15, -0.1) is 0 Å². The van der Waals surface area contributed by atoms with Gasteiger partial charge < -0.3 is 4.40 Å². The SMILES string of the molecule is CC1(C)c2ccccc2-c2c(-c3cc4c5c6c(c(C#N)cc5n5c7cc(C#N)c8c(c7c(c3)c45)C3CC4CC(CC8C4)C3)C3CC4CC(C3)CC6C4)cccc21. The first kappa shape index (κ1) is 31.0. The molecule has 272 valence electrons. The fourth-order valence-corrected chi connectivity index (χ4v) is 15.7. The molecule has 3 nitrogen and oxygen atoms in total. The third-order valence-corrected chi connectivity index (χ3v) is 17.2. The smallest absolute Gasteiger partial charge is 0.0995 e. The van der Waals surface area contributed by atoms with Crippen LogP contribution in [0.1, 0.15) is 146 Å². The van der Waals surface area contributed by atoms with E-state index in [4.69, 9.17) is 0 Å². The number of fused-ring (bicyclic) bond motifs is 9. The highest BCUT2D eigenvalue weighted by Crippen LogP contribution is 2.62. The van der Waals surface area contributed by atoms with Crippen molar-refractivity contribution in [3.8, 4) is 34.4 Å².